The van der Waals surface area contributed by atoms with Crippen molar-refractivity contribution < 1.29 is 27.2 Å². The molecule has 1 aromatic carbocycles. The summed E-state index contributed by atoms with van der Waals surface area (Å²) in [7, 11) is 0. The van der Waals surface area contributed by atoms with Crippen LogP contribution in [-0.4, -0.2) is 36.0 Å². The maximum atomic E-state index is 13.5. The van der Waals surface area contributed by atoms with Gasteiger partial charge in [-0.3, -0.25) is 4.79 Å². The molecule has 24 heavy (non-hydrogen) atoms. The number of carbonyl (C=O) groups excluding carboxylic acids is 2. The lowest BCUT2D eigenvalue weighted by molar-refractivity contribution is -0.129. The van der Waals surface area contributed by atoms with E-state index in [0.29, 0.717) is 25.9 Å². The smallest absolute Gasteiger partial charge is 0.315 e. The van der Waals surface area contributed by atoms with E-state index >= 15 is 0 Å². The first-order chi connectivity index (χ1) is 11.3. The zero-order valence-electron chi connectivity index (χ0n) is 13.0. The average Bonchev–Trinajstić information content (AvgIpc) is 3.00. The molecular formula is C15H17F4N3O2. The molecule has 0 saturated carbocycles. The summed E-state index contributed by atoms with van der Waals surface area (Å²) in [4.78, 5) is 24.9. The molecule has 0 radical (unpaired) electrons. The van der Waals surface area contributed by atoms with Crippen molar-refractivity contribution in [2.24, 2.45) is 0 Å². The van der Waals surface area contributed by atoms with E-state index in [-0.39, 0.29) is 18.0 Å². The monoisotopic (exact) mass is 347 g/mol. The van der Waals surface area contributed by atoms with Crippen molar-refractivity contribution in [3.05, 3.63) is 34.9 Å². The van der Waals surface area contributed by atoms with E-state index in [9.17, 15) is 27.2 Å². The molecule has 2 N–H and O–H groups in total. The highest BCUT2D eigenvalue weighted by molar-refractivity contribution is 5.77. The third-order valence-corrected chi connectivity index (χ3v) is 3.81. The van der Waals surface area contributed by atoms with Gasteiger partial charge in [0.15, 0.2) is 23.3 Å². The van der Waals surface area contributed by atoms with Crippen LogP contribution >= 0.6 is 0 Å². The molecule has 1 aliphatic heterocycles. The zero-order chi connectivity index (χ0) is 17.9. The fourth-order valence-corrected chi connectivity index (χ4v) is 2.51. The summed E-state index contributed by atoms with van der Waals surface area (Å²) in [5, 5.41) is 4.70. The molecule has 5 nitrogen and oxygen atoms in total. The van der Waals surface area contributed by atoms with Gasteiger partial charge in [-0.1, -0.05) is 6.92 Å². The van der Waals surface area contributed by atoms with Gasteiger partial charge < -0.3 is 15.5 Å². The normalized spacial score (nSPS) is 17.0. The molecule has 0 spiro atoms. The molecular weight excluding hydrogens is 330 g/mol. The summed E-state index contributed by atoms with van der Waals surface area (Å²) in [6, 6.07) is -0.930. The second kappa shape index (κ2) is 7.50. The van der Waals surface area contributed by atoms with Crippen LogP contribution in [0, 0.1) is 23.3 Å². The fraction of sp³-hybridized carbons (Fsp3) is 0.467. The minimum absolute atomic E-state index is 0.0286. The van der Waals surface area contributed by atoms with Crippen molar-refractivity contribution in [2.75, 3.05) is 13.1 Å². The van der Waals surface area contributed by atoms with E-state index in [1.807, 2.05) is 0 Å². The molecule has 0 aliphatic carbocycles. The molecule has 0 bridgehead atoms. The fourth-order valence-electron chi connectivity index (χ4n) is 2.51. The van der Waals surface area contributed by atoms with E-state index < -0.39 is 41.4 Å². The Morgan fingerprint density at radius 1 is 1.21 bits per heavy atom. The Balaban J connectivity index is 1.90. The van der Waals surface area contributed by atoms with Crippen LogP contribution in [-0.2, 0) is 11.3 Å². The van der Waals surface area contributed by atoms with Gasteiger partial charge in [0.25, 0.3) is 0 Å². The van der Waals surface area contributed by atoms with Crippen LogP contribution in [0.15, 0.2) is 6.07 Å². The number of urea groups is 1. The predicted molar refractivity (Wildman–Crippen MR) is 76.9 cm³/mol. The Bertz CT molecular complexity index is 628. The highest BCUT2D eigenvalue weighted by Crippen LogP contribution is 2.19. The molecule has 1 aliphatic rings. The van der Waals surface area contributed by atoms with E-state index in [1.165, 1.54) is 0 Å². The number of carbonyl (C=O) groups is 2. The summed E-state index contributed by atoms with van der Waals surface area (Å²) in [5.41, 5.74) is -0.892. The predicted octanol–water partition coefficient (Wildman–Crippen LogP) is 2.05. The number of halogens is 4. The number of amides is 3. The third kappa shape index (κ3) is 3.95. The van der Waals surface area contributed by atoms with Gasteiger partial charge in [0.05, 0.1) is 6.54 Å². The molecule has 9 heteroatoms. The van der Waals surface area contributed by atoms with Crippen molar-refractivity contribution in [1.29, 1.82) is 0 Å². The van der Waals surface area contributed by atoms with Crippen LogP contribution < -0.4 is 10.6 Å². The summed E-state index contributed by atoms with van der Waals surface area (Å²) in [6.45, 7) is 1.88. The van der Waals surface area contributed by atoms with Crippen LogP contribution in [0.25, 0.3) is 0 Å². The first kappa shape index (κ1) is 18.0. The lowest BCUT2D eigenvalue weighted by atomic mass is 10.2. The van der Waals surface area contributed by atoms with Gasteiger partial charge in [-0.15, -0.1) is 0 Å². The summed E-state index contributed by atoms with van der Waals surface area (Å²) in [6.07, 6.45) is 0.916. The molecule has 1 atom stereocenters. The van der Waals surface area contributed by atoms with Crippen molar-refractivity contribution in [3.8, 4) is 0 Å². The summed E-state index contributed by atoms with van der Waals surface area (Å²) >= 11 is 0. The number of nitrogens with one attached hydrogen (secondary N) is 2. The number of benzene rings is 1. The minimum Gasteiger partial charge on any atom is -0.341 e. The first-order valence-electron chi connectivity index (χ1n) is 7.47. The topological polar surface area (TPSA) is 61.4 Å². The number of likely N-dealkylation sites (tertiary alicyclic amines) is 1. The van der Waals surface area contributed by atoms with Crippen LogP contribution in [0.5, 0.6) is 0 Å². The Labute approximate surface area is 136 Å². The molecule has 1 aromatic rings. The molecule has 1 heterocycles. The van der Waals surface area contributed by atoms with E-state index in [2.05, 4.69) is 10.6 Å². The van der Waals surface area contributed by atoms with Crippen molar-refractivity contribution in [3.63, 3.8) is 0 Å². The second-order valence-corrected chi connectivity index (χ2v) is 5.45. The standard InChI is InChI=1S/C15H17F4N3O2/c1-2-12(23)22-4-3-8(7-22)21-15(24)20-6-9-13(18)10(16)5-11(17)14(9)19/h5,8H,2-4,6-7H2,1H3,(H2,20,21,24)/t8-/m1/s1. The van der Waals surface area contributed by atoms with Crippen molar-refractivity contribution in [1.82, 2.24) is 15.5 Å². The Kier molecular flexibility index (Phi) is 5.63. The van der Waals surface area contributed by atoms with E-state index in [4.69, 9.17) is 0 Å². The Morgan fingerprint density at radius 2 is 1.83 bits per heavy atom. The first-order valence-corrected chi connectivity index (χ1v) is 7.47. The zero-order valence-corrected chi connectivity index (χ0v) is 13.0. The molecule has 0 aromatic heterocycles. The second-order valence-electron chi connectivity index (χ2n) is 5.45. The Morgan fingerprint density at radius 3 is 2.42 bits per heavy atom. The van der Waals surface area contributed by atoms with Crippen LogP contribution in [0.3, 0.4) is 0 Å². The number of nitrogens with zero attached hydrogens (tertiary/aromatic N) is 1. The SMILES string of the molecule is CCC(=O)N1CC[C@@H](NC(=O)NCc2c(F)c(F)cc(F)c2F)C1. The highest BCUT2D eigenvalue weighted by Gasteiger charge is 2.26. The van der Waals surface area contributed by atoms with E-state index in [1.54, 1.807) is 11.8 Å². The van der Waals surface area contributed by atoms with Crippen LogP contribution in [0.2, 0.25) is 0 Å². The quantitative estimate of drug-likeness (QED) is 0.647. The summed E-state index contributed by atoms with van der Waals surface area (Å²) in [5.74, 6) is -6.19. The number of hydrogen-bond donors (Lipinski definition) is 2. The maximum absolute atomic E-state index is 13.5. The van der Waals surface area contributed by atoms with Crippen molar-refractivity contribution >= 4 is 11.9 Å². The van der Waals surface area contributed by atoms with Gasteiger partial charge in [0.2, 0.25) is 5.91 Å². The molecule has 3 amide bonds. The number of hydrogen-bond acceptors (Lipinski definition) is 2. The van der Waals surface area contributed by atoms with E-state index in [0.717, 1.165) is 0 Å². The number of rotatable bonds is 4. The summed E-state index contributed by atoms with van der Waals surface area (Å²) < 4.78 is 53.1. The molecule has 2 rings (SSSR count). The Hall–Kier alpha value is -2.32. The largest absolute Gasteiger partial charge is 0.341 e. The molecule has 132 valence electrons. The highest BCUT2D eigenvalue weighted by atomic mass is 19.2. The van der Waals surface area contributed by atoms with Gasteiger partial charge in [-0.05, 0) is 6.42 Å². The van der Waals surface area contributed by atoms with Gasteiger partial charge in [-0.2, -0.15) is 0 Å². The molecule has 0 unspecified atom stereocenters. The minimum atomic E-state index is -1.55. The van der Waals surface area contributed by atoms with Crippen LogP contribution in [0.1, 0.15) is 25.3 Å². The van der Waals surface area contributed by atoms with Crippen molar-refractivity contribution in [2.45, 2.75) is 32.4 Å². The molecule has 1 saturated heterocycles. The van der Waals surface area contributed by atoms with Crippen LogP contribution in [0.4, 0.5) is 22.4 Å². The van der Waals surface area contributed by atoms with Gasteiger partial charge >= 0.3 is 6.03 Å². The lowest BCUT2D eigenvalue weighted by Crippen LogP contribution is -2.43. The maximum Gasteiger partial charge on any atom is 0.315 e. The lowest BCUT2D eigenvalue weighted by Gasteiger charge is -2.16. The van der Waals surface area contributed by atoms with Gasteiger partial charge in [-0.25, -0.2) is 22.4 Å². The third-order valence-electron chi connectivity index (χ3n) is 3.81. The molecule has 1 fully saturated rings. The van der Waals surface area contributed by atoms with Gasteiger partial charge in [0, 0.05) is 37.2 Å². The van der Waals surface area contributed by atoms with Gasteiger partial charge in [0.1, 0.15) is 0 Å². The average molecular weight is 347 g/mol.